The first-order valence-corrected chi connectivity index (χ1v) is 25.5. The number of benzene rings is 10. The molecular weight excluding hydrogens is 793 g/mol. The second kappa shape index (κ2) is 14.5. The van der Waals surface area contributed by atoms with E-state index >= 15 is 0 Å². The van der Waals surface area contributed by atoms with Crippen LogP contribution in [0.15, 0.2) is 243 Å². The topological polar surface area (TPSA) is 0 Å². The Bertz CT molecular complexity index is 3070. The number of hydrogen-bond donors (Lipinski definition) is 0. The van der Waals surface area contributed by atoms with Crippen LogP contribution >= 0.6 is 0 Å². The number of rotatable bonds is 4. The third-order valence-corrected chi connectivity index (χ3v) is 23.2. The van der Waals surface area contributed by atoms with Crippen LogP contribution in [0.2, 0.25) is 0 Å². The molecule has 0 unspecified atom stereocenters. The van der Waals surface area contributed by atoms with Gasteiger partial charge in [0.05, 0.1) is 0 Å². The fourth-order valence-corrected chi connectivity index (χ4v) is 20.6. The summed E-state index contributed by atoms with van der Waals surface area (Å²) in [4.78, 5) is 0. The van der Waals surface area contributed by atoms with E-state index in [4.69, 9.17) is 0 Å². The van der Waals surface area contributed by atoms with Crippen molar-refractivity contribution in [3.05, 3.63) is 243 Å². The van der Waals surface area contributed by atoms with Crippen LogP contribution in [0, 0.1) is 0 Å². The Morgan fingerprint density at radius 1 is 0.148 bits per heavy atom. The molecule has 10 aromatic carbocycles. The van der Waals surface area contributed by atoms with Crippen LogP contribution in [0.1, 0.15) is 0 Å². The van der Waals surface area contributed by atoms with Gasteiger partial charge in [-0.1, -0.05) is 0 Å². The molecule has 0 heterocycles. The van der Waals surface area contributed by atoms with Gasteiger partial charge in [0.2, 0.25) is 0 Å². The second-order valence-electron chi connectivity index (χ2n) is 16.3. The molecule has 2 aliphatic carbocycles. The van der Waals surface area contributed by atoms with E-state index in [1.54, 1.807) is 0 Å². The van der Waals surface area contributed by atoms with Gasteiger partial charge in [0, 0.05) is 0 Å². The summed E-state index contributed by atoms with van der Waals surface area (Å²) in [5.74, 6) is 0. The summed E-state index contributed by atoms with van der Waals surface area (Å²) in [6, 6.07) is 91.8. The first kappa shape index (κ1) is 35.7. The first-order valence-electron chi connectivity index (χ1n) is 21.3. The quantitative estimate of drug-likeness (QED) is 0.155. The molecule has 0 nitrogen and oxygen atoms in total. The first-order chi connectivity index (χ1) is 30.3. The second-order valence-corrected chi connectivity index (χ2v) is 24.3. The van der Waals surface area contributed by atoms with E-state index in [1.165, 1.54) is 107 Å². The molecule has 0 aromatic heterocycles. The van der Waals surface area contributed by atoms with Crippen LogP contribution < -0.4 is 17.6 Å². The Morgan fingerprint density at radius 2 is 0.344 bits per heavy atom. The van der Waals surface area contributed by atoms with Crippen molar-refractivity contribution in [1.29, 1.82) is 0 Å². The van der Waals surface area contributed by atoms with Gasteiger partial charge in [-0.25, -0.2) is 0 Å². The third kappa shape index (κ3) is 5.53. The zero-order valence-electron chi connectivity index (χ0n) is 33.6. The normalized spacial score (nSPS) is 11.9. The third-order valence-electron chi connectivity index (χ3n) is 13.2. The SMILES string of the molecule is c1cc[c]([Ge]([c]2ccccc2)([c]2ccc3c(c2)-c2ccccc2-c2ccccc2-c2ccccc2-3)[c]2ccc3c(c2)-c2ccccc2-c2ccccc2-c2ccccc2-3)cc1. The summed E-state index contributed by atoms with van der Waals surface area (Å²) < 4.78 is 5.62. The molecule has 0 spiro atoms. The molecule has 284 valence electrons. The summed E-state index contributed by atoms with van der Waals surface area (Å²) in [7, 11) is 0. The van der Waals surface area contributed by atoms with Crippen LogP contribution in [0.4, 0.5) is 0 Å². The average molecular weight is 834 g/mol. The van der Waals surface area contributed by atoms with Gasteiger partial charge in [-0.05, 0) is 0 Å². The van der Waals surface area contributed by atoms with E-state index in [2.05, 4.69) is 243 Å². The van der Waals surface area contributed by atoms with E-state index in [0.717, 1.165) is 0 Å². The number of hydrogen-bond acceptors (Lipinski definition) is 0. The fraction of sp³-hybridized carbons (Fsp3) is 0. The zero-order valence-corrected chi connectivity index (χ0v) is 35.7. The van der Waals surface area contributed by atoms with Crippen molar-refractivity contribution in [2.45, 2.75) is 0 Å². The van der Waals surface area contributed by atoms with Crippen molar-refractivity contribution in [2.75, 3.05) is 0 Å². The molecule has 0 atom stereocenters. The van der Waals surface area contributed by atoms with Crippen LogP contribution in [0.25, 0.3) is 89.0 Å². The van der Waals surface area contributed by atoms with Gasteiger partial charge in [0.15, 0.2) is 0 Å². The number of fused-ring (bicyclic) bond motifs is 16. The van der Waals surface area contributed by atoms with Gasteiger partial charge in [-0.3, -0.25) is 0 Å². The summed E-state index contributed by atoms with van der Waals surface area (Å²) in [6.07, 6.45) is 0. The molecule has 0 saturated carbocycles. The van der Waals surface area contributed by atoms with Gasteiger partial charge in [-0.15, -0.1) is 0 Å². The van der Waals surface area contributed by atoms with Crippen LogP contribution in [-0.4, -0.2) is 13.3 Å². The summed E-state index contributed by atoms with van der Waals surface area (Å²) in [6.45, 7) is 0. The van der Waals surface area contributed by atoms with E-state index in [1.807, 2.05) is 0 Å². The Labute approximate surface area is 360 Å². The van der Waals surface area contributed by atoms with Gasteiger partial charge >= 0.3 is 363 Å². The monoisotopic (exact) mass is 834 g/mol. The van der Waals surface area contributed by atoms with Crippen molar-refractivity contribution in [2.24, 2.45) is 0 Å². The average Bonchev–Trinajstić information content (AvgIpc) is 3.34. The van der Waals surface area contributed by atoms with Crippen LogP contribution in [0.3, 0.4) is 0 Å². The summed E-state index contributed by atoms with van der Waals surface area (Å²) in [5, 5.41) is 0. The molecule has 10 aromatic rings. The minimum atomic E-state index is -3.87. The van der Waals surface area contributed by atoms with Crippen LogP contribution in [-0.2, 0) is 0 Å². The molecule has 0 amide bonds. The van der Waals surface area contributed by atoms with Crippen molar-refractivity contribution in [3.8, 4) is 89.0 Å². The predicted octanol–water partition coefficient (Wildman–Crippen LogP) is 13.0. The molecule has 0 fully saturated rings. The van der Waals surface area contributed by atoms with Gasteiger partial charge in [0.25, 0.3) is 0 Å². The van der Waals surface area contributed by atoms with Crippen molar-refractivity contribution in [3.63, 3.8) is 0 Å². The molecule has 1 heteroatoms. The molecule has 61 heavy (non-hydrogen) atoms. The van der Waals surface area contributed by atoms with Crippen molar-refractivity contribution in [1.82, 2.24) is 0 Å². The zero-order chi connectivity index (χ0) is 40.3. The molecule has 2 aliphatic rings. The Hall–Kier alpha value is -7.26. The molecule has 0 radical (unpaired) electrons. The fourth-order valence-electron chi connectivity index (χ4n) is 10.6. The van der Waals surface area contributed by atoms with Gasteiger partial charge in [-0.2, -0.15) is 0 Å². The maximum atomic E-state index is 2.59. The molecule has 0 saturated heterocycles. The van der Waals surface area contributed by atoms with Gasteiger partial charge in [0.1, 0.15) is 0 Å². The molecule has 0 bridgehead atoms. The molecular formula is C60H40Ge. The van der Waals surface area contributed by atoms with E-state index < -0.39 is 13.3 Å². The van der Waals surface area contributed by atoms with Crippen molar-refractivity contribution < 1.29 is 0 Å². The predicted molar refractivity (Wildman–Crippen MR) is 261 cm³/mol. The Morgan fingerprint density at radius 3 is 0.590 bits per heavy atom. The Balaban J connectivity index is 1.19. The summed E-state index contributed by atoms with van der Waals surface area (Å²) >= 11 is -3.87. The van der Waals surface area contributed by atoms with E-state index in [0.29, 0.717) is 0 Å². The van der Waals surface area contributed by atoms with Crippen LogP contribution in [0.5, 0.6) is 0 Å². The summed E-state index contributed by atoms with van der Waals surface area (Å²) in [5.41, 5.74) is 20.3. The van der Waals surface area contributed by atoms with Gasteiger partial charge < -0.3 is 0 Å². The van der Waals surface area contributed by atoms with E-state index in [-0.39, 0.29) is 0 Å². The molecule has 0 N–H and O–H groups in total. The van der Waals surface area contributed by atoms with Crippen molar-refractivity contribution >= 4 is 30.8 Å². The standard InChI is InChI=1S/C60H40Ge/c1-3-19-41(20-4-1)61(42-21-5-2-6-22-42,43-35-37-57-53-31-13-11-27-49(53)45-23-7-9-25-47(45)51-29-15-17-33-55(51)59(57)39-43)44-36-38-58-54-32-14-12-28-50(54)46-24-8-10-26-48(46)52-30-16-18-34-56(52)60(58)40-44/h1-40H. The maximum absolute atomic E-state index is 3.87. The molecule has 12 rings (SSSR count). The van der Waals surface area contributed by atoms with E-state index in [9.17, 15) is 0 Å². The molecule has 0 aliphatic heterocycles. The minimum absolute atomic E-state index is 1.26. The Kier molecular flexibility index (Phi) is 8.47.